The Morgan fingerprint density at radius 1 is 1.00 bits per heavy atom. The quantitative estimate of drug-likeness (QED) is 0.639. The monoisotopic (exact) mass is 363 g/mol. The maximum Gasteiger partial charge on any atom is 0.228 e. The summed E-state index contributed by atoms with van der Waals surface area (Å²) < 4.78 is 13.2. The van der Waals surface area contributed by atoms with Crippen LogP contribution in [0.25, 0.3) is 0 Å². The van der Waals surface area contributed by atoms with Gasteiger partial charge in [-0.05, 0) is 48.9 Å². The molecule has 0 aliphatic carbocycles. The van der Waals surface area contributed by atoms with Gasteiger partial charge >= 0.3 is 0 Å². The van der Waals surface area contributed by atoms with Crippen molar-refractivity contribution < 1.29 is 14.0 Å². The number of nitrogens with one attached hydrogen (secondary N) is 2. The number of aromatic nitrogens is 1. The van der Waals surface area contributed by atoms with Crippen molar-refractivity contribution in [2.24, 2.45) is 0 Å². The van der Waals surface area contributed by atoms with Gasteiger partial charge in [-0.15, -0.1) is 0 Å². The highest BCUT2D eigenvalue weighted by atomic mass is 19.1. The molecule has 0 aliphatic heterocycles. The highest BCUT2D eigenvalue weighted by Gasteiger charge is 2.06. The summed E-state index contributed by atoms with van der Waals surface area (Å²) in [6.45, 7) is 1.51. The second-order valence-corrected chi connectivity index (χ2v) is 6.05. The largest absolute Gasteiger partial charge is 0.340 e. The van der Waals surface area contributed by atoms with Gasteiger partial charge in [0, 0.05) is 11.3 Å². The number of carbonyl (C=O) groups is 2. The fourth-order valence-electron chi connectivity index (χ4n) is 2.54. The van der Waals surface area contributed by atoms with Crippen LogP contribution in [0.3, 0.4) is 0 Å². The molecule has 3 rings (SSSR count). The number of hydrogen-bond acceptors (Lipinski definition) is 4. The van der Waals surface area contributed by atoms with Gasteiger partial charge in [0.2, 0.25) is 5.91 Å². The van der Waals surface area contributed by atoms with Crippen LogP contribution in [-0.4, -0.2) is 16.7 Å². The van der Waals surface area contributed by atoms with Gasteiger partial charge < -0.3 is 10.6 Å². The first kappa shape index (κ1) is 18.3. The van der Waals surface area contributed by atoms with Gasteiger partial charge in [-0.25, -0.2) is 9.37 Å². The van der Waals surface area contributed by atoms with Gasteiger partial charge in [-0.2, -0.15) is 0 Å². The summed E-state index contributed by atoms with van der Waals surface area (Å²) in [6.07, 6.45) is 1.61. The van der Waals surface area contributed by atoms with Crippen LogP contribution in [0.4, 0.5) is 21.6 Å². The summed E-state index contributed by atoms with van der Waals surface area (Å²) in [5.74, 6) is -0.0506. The van der Waals surface area contributed by atoms with Crippen LogP contribution in [0, 0.1) is 5.82 Å². The predicted octanol–water partition coefficient (Wildman–Crippen LogP) is 4.35. The lowest BCUT2D eigenvalue weighted by Crippen LogP contribution is -2.14. The van der Waals surface area contributed by atoms with Crippen LogP contribution in [-0.2, 0) is 11.2 Å². The summed E-state index contributed by atoms with van der Waals surface area (Å²) >= 11 is 0. The molecule has 5 nitrogen and oxygen atoms in total. The van der Waals surface area contributed by atoms with E-state index in [9.17, 15) is 14.0 Å². The molecule has 0 spiro atoms. The molecule has 0 radical (unpaired) electrons. The van der Waals surface area contributed by atoms with E-state index in [4.69, 9.17) is 0 Å². The van der Waals surface area contributed by atoms with Crippen molar-refractivity contribution in [1.29, 1.82) is 0 Å². The van der Waals surface area contributed by atoms with E-state index in [-0.39, 0.29) is 23.9 Å². The van der Waals surface area contributed by atoms with Crippen LogP contribution in [0.5, 0.6) is 0 Å². The fourth-order valence-corrected chi connectivity index (χ4v) is 2.54. The standard InChI is InChI=1S/C21H18FN3O2/c1-14(26)16-5-3-7-18(12-16)24-20-9-8-19(13-23-20)25-21(27)11-15-4-2-6-17(22)10-15/h2-10,12-13H,11H2,1H3,(H,23,24)(H,25,27). The molecule has 0 fully saturated rings. The molecule has 136 valence electrons. The molecular formula is C21H18FN3O2. The number of pyridine rings is 1. The Bertz CT molecular complexity index is 971. The van der Waals surface area contributed by atoms with Gasteiger partial charge in [0.1, 0.15) is 11.6 Å². The number of hydrogen-bond donors (Lipinski definition) is 2. The smallest absolute Gasteiger partial charge is 0.228 e. The van der Waals surface area contributed by atoms with Gasteiger partial charge in [0.25, 0.3) is 0 Å². The van der Waals surface area contributed by atoms with E-state index >= 15 is 0 Å². The molecular weight excluding hydrogens is 345 g/mol. The number of nitrogens with zero attached hydrogens (tertiary/aromatic N) is 1. The van der Waals surface area contributed by atoms with Crippen molar-refractivity contribution in [3.63, 3.8) is 0 Å². The van der Waals surface area contributed by atoms with Crippen molar-refractivity contribution >= 4 is 28.9 Å². The third-order valence-electron chi connectivity index (χ3n) is 3.84. The molecule has 0 atom stereocenters. The number of carbonyl (C=O) groups excluding carboxylic acids is 2. The van der Waals surface area contributed by atoms with Crippen LogP contribution >= 0.6 is 0 Å². The van der Waals surface area contributed by atoms with Crippen LogP contribution in [0.1, 0.15) is 22.8 Å². The molecule has 0 saturated carbocycles. The fraction of sp³-hybridized carbons (Fsp3) is 0.0952. The number of benzene rings is 2. The zero-order chi connectivity index (χ0) is 19.2. The Labute approximate surface area is 156 Å². The lowest BCUT2D eigenvalue weighted by Gasteiger charge is -2.09. The second-order valence-electron chi connectivity index (χ2n) is 6.05. The zero-order valence-corrected chi connectivity index (χ0v) is 14.7. The SMILES string of the molecule is CC(=O)c1cccc(Nc2ccc(NC(=O)Cc3cccc(F)c3)cn2)c1. The first-order valence-corrected chi connectivity index (χ1v) is 8.38. The minimum absolute atomic E-state index is 0.0111. The first-order chi connectivity index (χ1) is 13.0. The number of anilines is 3. The first-order valence-electron chi connectivity index (χ1n) is 8.38. The Balaban J connectivity index is 1.61. The van der Waals surface area contributed by atoms with E-state index in [1.165, 1.54) is 25.3 Å². The molecule has 0 bridgehead atoms. The van der Waals surface area contributed by atoms with Crippen molar-refractivity contribution in [1.82, 2.24) is 4.98 Å². The zero-order valence-electron chi connectivity index (χ0n) is 14.7. The molecule has 1 amide bonds. The van der Waals surface area contributed by atoms with Gasteiger partial charge in [0.15, 0.2) is 5.78 Å². The molecule has 6 heteroatoms. The molecule has 0 aliphatic rings. The van der Waals surface area contributed by atoms with Gasteiger partial charge in [-0.3, -0.25) is 9.59 Å². The summed E-state index contributed by atoms with van der Waals surface area (Å²) in [5, 5.41) is 5.84. The lowest BCUT2D eigenvalue weighted by molar-refractivity contribution is -0.115. The van der Waals surface area contributed by atoms with Crippen molar-refractivity contribution in [2.45, 2.75) is 13.3 Å². The van der Waals surface area contributed by atoms with E-state index < -0.39 is 0 Å². The number of Topliss-reactive ketones (excluding diaryl/α,β-unsaturated/α-hetero) is 1. The van der Waals surface area contributed by atoms with Crippen LogP contribution in [0.2, 0.25) is 0 Å². The third-order valence-corrected chi connectivity index (χ3v) is 3.84. The van der Waals surface area contributed by atoms with Gasteiger partial charge in [-0.1, -0.05) is 24.3 Å². The molecule has 1 aromatic heterocycles. The van der Waals surface area contributed by atoms with Crippen molar-refractivity contribution in [3.8, 4) is 0 Å². The normalized spacial score (nSPS) is 10.3. The van der Waals surface area contributed by atoms with Crippen molar-refractivity contribution in [2.75, 3.05) is 10.6 Å². The van der Waals surface area contributed by atoms with E-state index in [2.05, 4.69) is 15.6 Å². The summed E-state index contributed by atoms with van der Waals surface area (Å²) in [7, 11) is 0. The van der Waals surface area contributed by atoms with Gasteiger partial charge in [0.05, 0.1) is 18.3 Å². The Hall–Kier alpha value is -3.54. The van der Waals surface area contributed by atoms with Crippen molar-refractivity contribution in [3.05, 3.63) is 83.8 Å². The predicted molar refractivity (Wildman–Crippen MR) is 103 cm³/mol. The summed E-state index contributed by atoms with van der Waals surface area (Å²) in [5.41, 5.74) is 2.50. The molecule has 1 heterocycles. The van der Waals surface area contributed by atoms with E-state index in [1.54, 1.807) is 42.5 Å². The Morgan fingerprint density at radius 2 is 1.81 bits per heavy atom. The molecule has 2 N–H and O–H groups in total. The molecule has 27 heavy (non-hydrogen) atoms. The highest BCUT2D eigenvalue weighted by Crippen LogP contribution is 2.18. The number of halogens is 1. The second kappa shape index (κ2) is 8.23. The average Bonchev–Trinajstić information content (AvgIpc) is 2.63. The summed E-state index contributed by atoms with van der Waals surface area (Å²) in [6, 6.07) is 16.5. The van der Waals surface area contributed by atoms with E-state index in [0.717, 1.165) is 5.69 Å². The lowest BCUT2D eigenvalue weighted by atomic mass is 10.1. The highest BCUT2D eigenvalue weighted by molar-refractivity contribution is 5.95. The number of ketones is 1. The minimum Gasteiger partial charge on any atom is -0.340 e. The molecule has 3 aromatic rings. The summed E-state index contributed by atoms with van der Waals surface area (Å²) in [4.78, 5) is 27.8. The number of amides is 1. The third kappa shape index (κ3) is 5.22. The topological polar surface area (TPSA) is 71.1 Å². The minimum atomic E-state index is -0.369. The Kier molecular flexibility index (Phi) is 5.56. The molecule has 0 unspecified atom stereocenters. The maximum atomic E-state index is 13.2. The number of rotatable bonds is 6. The van der Waals surface area contributed by atoms with E-state index in [1.807, 2.05) is 6.07 Å². The average molecular weight is 363 g/mol. The maximum absolute atomic E-state index is 13.2. The molecule has 2 aromatic carbocycles. The van der Waals surface area contributed by atoms with E-state index in [0.29, 0.717) is 22.6 Å². The van der Waals surface area contributed by atoms with Crippen LogP contribution in [0.15, 0.2) is 66.9 Å². The van der Waals surface area contributed by atoms with Crippen LogP contribution < -0.4 is 10.6 Å². The molecule has 0 saturated heterocycles. The Morgan fingerprint density at radius 3 is 2.52 bits per heavy atom.